The van der Waals surface area contributed by atoms with Crippen LogP contribution in [0.3, 0.4) is 0 Å². The number of nitrogens with zero attached hydrogens (tertiary/aromatic N) is 1. The summed E-state index contributed by atoms with van der Waals surface area (Å²) in [7, 11) is 0. The lowest BCUT2D eigenvalue weighted by atomic mass is 10.0. The Morgan fingerprint density at radius 3 is 2.52 bits per heavy atom. The van der Waals surface area contributed by atoms with E-state index in [0.717, 1.165) is 5.52 Å². The van der Waals surface area contributed by atoms with Crippen LogP contribution in [0.4, 0.5) is 0 Å². The van der Waals surface area contributed by atoms with Crippen molar-refractivity contribution in [1.82, 2.24) is 9.88 Å². The summed E-state index contributed by atoms with van der Waals surface area (Å²) in [6.45, 7) is 8.17. The first-order valence-electron chi connectivity index (χ1n) is 7.29. The maximum atomic E-state index is 12.0. The number of carbonyl (C=O) groups is 1. The predicted molar refractivity (Wildman–Crippen MR) is 82.1 cm³/mol. The van der Waals surface area contributed by atoms with Gasteiger partial charge in [0.25, 0.3) is 0 Å². The zero-order valence-electron chi connectivity index (χ0n) is 12.9. The molecule has 21 heavy (non-hydrogen) atoms. The highest BCUT2D eigenvalue weighted by Gasteiger charge is 2.21. The van der Waals surface area contributed by atoms with Gasteiger partial charge in [0.2, 0.25) is 5.91 Å². The molecule has 1 aromatic heterocycles. The monoisotopic (exact) mass is 290 g/mol. The van der Waals surface area contributed by atoms with Gasteiger partial charge in [-0.15, -0.1) is 0 Å². The van der Waals surface area contributed by atoms with Gasteiger partial charge >= 0.3 is 5.76 Å². The molecule has 1 amide bonds. The number of nitrogens with one attached hydrogen (secondary N) is 1. The van der Waals surface area contributed by atoms with Crippen molar-refractivity contribution in [1.29, 1.82) is 0 Å². The molecule has 1 aromatic carbocycles. The van der Waals surface area contributed by atoms with Crippen molar-refractivity contribution >= 4 is 17.0 Å². The number of hydrogen-bond acceptors (Lipinski definition) is 3. The number of para-hydroxylation sites is 2. The molecule has 0 radical (unpaired) electrons. The normalized spacial score (nSPS) is 13.0. The van der Waals surface area contributed by atoms with Crippen LogP contribution in [0.2, 0.25) is 0 Å². The molecule has 0 saturated carbocycles. The number of aromatic nitrogens is 1. The molecule has 2 aromatic rings. The van der Waals surface area contributed by atoms with Crippen LogP contribution in [0.25, 0.3) is 11.1 Å². The third-order valence-corrected chi connectivity index (χ3v) is 3.61. The molecule has 0 fully saturated rings. The molecule has 1 N–H and O–H groups in total. The summed E-state index contributed by atoms with van der Waals surface area (Å²) in [6.07, 6.45) is 0. The second-order valence-corrected chi connectivity index (χ2v) is 5.96. The summed E-state index contributed by atoms with van der Waals surface area (Å²) < 4.78 is 6.81. The molecule has 5 heteroatoms. The van der Waals surface area contributed by atoms with Crippen molar-refractivity contribution in [3.05, 3.63) is 34.8 Å². The van der Waals surface area contributed by atoms with Crippen molar-refractivity contribution in [3.63, 3.8) is 0 Å². The average molecular weight is 290 g/mol. The summed E-state index contributed by atoms with van der Waals surface area (Å²) in [6, 6.07) is 7.20. The van der Waals surface area contributed by atoms with Gasteiger partial charge < -0.3 is 9.73 Å². The van der Waals surface area contributed by atoms with E-state index in [-0.39, 0.29) is 29.5 Å². The molecule has 0 bridgehead atoms. The Balaban J connectivity index is 2.29. The van der Waals surface area contributed by atoms with Gasteiger partial charge in [-0.05, 0) is 18.1 Å². The fourth-order valence-corrected chi connectivity index (χ4v) is 2.16. The minimum absolute atomic E-state index is 0.00505. The Morgan fingerprint density at radius 1 is 1.24 bits per heavy atom. The van der Waals surface area contributed by atoms with Crippen molar-refractivity contribution in [2.45, 2.75) is 40.3 Å². The molecule has 1 atom stereocenters. The first-order chi connectivity index (χ1) is 9.90. The van der Waals surface area contributed by atoms with Crippen LogP contribution in [-0.4, -0.2) is 16.5 Å². The van der Waals surface area contributed by atoms with Crippen LogP contribution in [0.1, 0.15) is 27.7 Å². The van der Waals surface area contributed by atoms with E-state index in [1.54, 1.807) is 10.6 Å². The van der Waals surface area contributed by atoms with Gasteiger partial charge in [-0.25, -0.2) is 4.79 Å². The fourth-order valence-electron chi connectivity index (χ4n) is 2.16. The number of benzene rings is 1. The van der Waals surface area contributed by atoms with Crippen LogP contribution in [0.15, 0.2) is 33.5 Å². The van der Waals surface area contributed by atoms with E-state index in [1.165, 1.54) is 0 Å². The molecule has 0 aliphatic rings. The second kappa shape index (κ2) is 6.16. The van der Waals surface area contributed by atoms with Crippen molar-refractivity contribution in [2.75, 3.05) is 0 Å². The standard InChI is InChI=1S/C16H22N2O3/c1-10(2)12(17-15(19)11(3)4)9-18-13-7-5-6-8-14(13)21-16(18)20/h5-8,10-12H,9H2,1-4H3,(H,17,19)/t12-/m0/s1. The van der Waals surface area contributed by atoms with Crippen LogP contribution >= 0.6 is 0 Å². The number of rotatable bonds is 5. The van der Waals surface area contributed by atoms with E-state index in [4.69, 9.17) is 4.42 Å². The number of hydrogen-bond donors (Lipinski definition) is 1. The second-order valence-electron chi connectivity index (χ2n) is 5.96. The lowest BCUT2D eigenvalue weighted by Gasteiger charge is -2.23. The van der Waals surface area contributed by atoms with Gasteiger partial charge in [0.15, 0.2) is 5.58 Å². The van der Waals surface area contributed by atoms with E-state index in [9.17, 15) is 9.59 Å². The summed E-state index contributed by atoms with van der Waals surface area (Å²) in [5, 5.41) is 3.01. The molecule has 2 rings (SSSR count). The van der Waals surface area contributed by atoms with Crippen LogP contribution < -0.4 is 11.1 Å². The van der Waals surface area contributed by atoms with Crippen molar-refractivity contribution in [3.8, 4) is 0 Å². The van der Waals surface area contributed by atoms with Gasteiger partial charge in [-0.2, -0.15) is 0 Å². The van der Waals surface area contributed by atoms with Gasteiger partial charge in [0.1, 0.15) is 0 Å². The minimum atomic E-state index is -0.388. The molecule has 0 unspecified atom stereocenters. The number of oxazole rings is 1. The number of carbonyl (C=O) groups excluding carboxylic acids is 1. The van der Waals surface area contributed by atoms with Gasteiger partial charge in [-0.1, -0.05) is 39.8 Å². The highest BCUT2D eigenvalue weighted by atomic mass is 16.4. The summed E-state index contributed by atoms with van der Waals surface area (Å²) >= 11 is 0. The van der Waals surface area contributed by atoms with E-state index in [2.05, 4.69) is 5.32 Å². The van der Waals surface area contributed by atoms with Crippen molar-refractivity contribution < 1.29 is 9.21 Å². The molecule has 1 heterocycles. The predicted octanol–water partition coefficient (Wildman–Crippen LogP) is 2.39. The van der Waals surface area contributed by atoms with E-state index in [0.29, 0.717) is 12.1 Å². The van der Waals surface area contributed by atoms with Gasteiger partial charge in [0, 0.05) is 18.5 Å². The molecule has 0 aliphatic carbocycles. The van der Waals surface area contributed by atoms with E-state index >= 15 is 0 Å². The zero-order chi connectivity index (χ0) is 15.6. The Hall–Kier alpha value is -2.04. The van der Waals surface area contributed by atoms with Crippen LogP contribution in [-0.2, 0) is 11.3 Å². The van der Waals surface area contributed by atoms with Crippen molar-refractivity contribution in [2.24, 2.45) is 11.8 Å². The Kier molecular flexibility index (Phi) is 4.50. The quantitative estimate of drug-likeness (QED) is 0.919. The summed E-state index contributed by atoms with van der Waals surface area (Å²) in [4.78, 5) is 23.9. The van der Waals surface area contributed by atoms with E-state index in [1.807, 2.05) is 45.9 Å². The number of fused-ring (bicyclic) bond motifs is 1. The highest BCUT2D eigenvalue weighted by molar-refractivity contribution is 5.78. The first kappa shape index (κ1) is 15.4. The minimum Gasteiger partial charge on any atom is -0.408 e. The third kappa shape index (κ3) is 3.35. The largest absolute Gasteiger partial charge is 0.420 e. The topological polar surface area (TPSA) is 64.2 Å². The van der Waals surface area contributed by atoms with E-state index < -0.39 is 0 Å². The first-order valence-corrected chi connectivity index (χ1v) is 7.29. The van der Waals surface area contributed by atoms with Gasteiger partial charge in [-0.3, -0.25) is 9.36 Å². The maximum Gasteiger partial charge on any atom is 0.420 e. The molecular weight excluding hydrogens is 268 g/mol. The number of amides is 1. The van der Waals surface area contributed by atoms with Crippen LogP contribution in [0.5, 0.6) is 0 Å². The molecular formula is C16H22N2O3. The molecule has 0 aliphatic heterocycles. The summed E-state index contributed by atoms with van der Waals surface area (Å²) in [5.74, 6) is -0.257. The fraction of sp³-hybridized carbons (Fsp3) is 0.500. The molecule has 0 spiro atoms. The highest BCUT2D eigenvalue weighted by Crippen LogP contribution is 2.14. The lowest BCUT2D eigenvalue weighted by molar-refractivity contribution is -0.125. The van der Waals surface area contributed by atoms with Gasteiger partial charge in [0.05, 0.1) is 5.52 Å². The zero-order valence-corrected chi connectivity index (χ0v) is 12.9. The van der Waals surface area contributed by atoms with Crippen LogP contribution in [0, 0.1) is 11.8 Å². The SMILES string of the molecule is CC(C)C(=O)N[C@@H](Cn1c(=O)oc2ccccc21)C(C)C. The summed E-state index contributed by atoms with van der Waals surface area (Å²) in [5.41, 5.74) is 1.33. The average Bonchev–Trinajstić information content (AvgIpc) is 2.73. The molecule has 5 nitrogen and oxygen atoms in total. The smallest absolute Gasteiger partial charge is 0.408 e. The molecule has 0 saturated heterocycles. The maximum absolute atomic E-state index is 12.0. The molecule has 114 valence electrons. The third-order valence-electron chi connectivity index (χ3n) is 3.61. The lowest BCUT2D eigenvalue weighted by Crippen LogP contribution is -2.44. The Labute approximate surface area is 123 Å². The Bertz CT molecular complexity index is 682. The Morgan fingerprint density at radius 2 is 1.90 bits per heavy atom.